The zero-order chi connectivity index (χ0) is 16.2. The second-order valence-corrected chi connectivity index (χ2v) is 6.61. The summed E-state index contributed by atoms with van der Waals surface area (Å²) < 4.78 is 40.7. The molecule has 0 heterocycles. The SMILES string of the molecule is CS(=O)(=O)c1ccc(NC(=O)COc2cccc(F)c2)cc1. The lowest BCUT2D eigenvalue weighted by molar-refractivity contribution is -0.118. The molecule has 5 nitrogen and oxygen atoms in total. The molecule has 1 N–H and O–H groups in total. The molecule has 2 rings (SSSR count). The second-order valence-electron chi connectivity index (χ2n) is 4.59. The van der Waals surface area contributed by atoms with E-state index in [0.29, 0.717) is 5.69 Å². The largest absolute Gasteiger partial charge is 0.484 e. The van der Waals surface area contributed by atoms with Crippen molar-refractivity contribution in [1.82, 2.24) is 0 Å². The first-order chi connectivity index (χ1) is 10.3. The number of carbonyl (C=O) groups excluding carboxylic acids is 1. The molecule has 0 aliphatic heterocycles. The molecule has 0 spiro atoms. The molecule has 0 unspecified atom stereocenters. The van der Waals surface area contributed by atoms with Gasteiger partial charge in [0.2, 0.25) is 0 Å². The molecule has 0 saturated carbocycles. The summed E-state index contributed by atoms with van der Waals surface area (Å²) in [5, 5.41) is 2.55. The maximum Gasteiger partial charge on any atom is 0.262 e. The normalized spacial score (nSPS) is 11.0. The standard InChI is InChI=1S/C15H14FNO4S/c1-22(19,20)14-7-5-12(6-8-14)17-15(18)10-21-13-4-2-3-11(16)9-13/h2-9H,10H2,1H3,(H,17,18). The summed E-state index contributed by atoms with van der Waals surface area (Å²) in [6.07, 6.45) is 1.10. The van der Waals surface area contributed by atoms with Crippen molar-refractivity contribution in [2.45, 2.75) is 4.90 Å². The van der Waals surface area contributed by atoms with Gasteiger partial charge in [-0.15, -0.1) is 0 Å². The van der Waals surface area contributed by atoms with Crippen LogP contribution < -0.4 is 10.1 Å². The third kappa shape index (κ3) is 4.56. The molecule has 0 fully saturated rings. The van der Waals surface area contributed by atoms with E-state index in [4.69, 9.17) is 4.74 Å². The molecule has 22 heavy (non-hydrogen) atoms. The number of amides is 1. The van der Waals surface area contributed by atoms with E-state index in [0.717, 1.165) is 6.26 Å². The van der Waals surface area contributed by atoms with Gasteiger partial charge in [-0.2, -0.15) is 0 Å². The van der Waals surface area contributed by atoms with Crippen molar-refractivity contribution in [3.8, 4) is 5.75 Å². The lowest BCUT2D eigenvalue weighted by Gasteiger charge is -2.08. The minimum absolute atomic E-state index is 0.168. The van der Waals surface area contributed by atoms with Gasteiger partial charge in [0.15, 0.2) is 16.4 Å². The smallest absolute Gasteiger partial charge is 0.262 e. The Balaban J connectivity index is 1.92. The van der Waals surface area contributed by atoms with E-state index in [1.54, 1.807) is 0 Å². The molecule has 0 bridgehead atoms. The predicted octanol–water partition coefficient (Wildman–Crippen LogP) is 2.25. The Kier molecular flexibility index (Phi) is 4.77. The van der Waals surface area contributed by atoms with E-state index < -0.39 is 21.6 Å². The van der Waals surface area contributed by atoms with E-state index in [9.17, 15) is 17.6 Å². The molecule has 0 aliphatic rings. The van der Waals surface area contributed by atoms with Crippen molar-refractivity contribution in [3.05, 3.63) is 54.3 Å². The van der Waals surface area contributed by atoms with Crippen molar-refractivity contribution in [3.63, 3.8) is 0 Å². The summed E-state index contributed by atoms with van der Waals surface area (Å²) >= 11 is 0. The summed E-state index contributed by atoms with van der Waals surface area (Å²) in [4.78, 5) is 11.9. The van der Waals surface area contributed by atoms with Crippen LogP contribution in [0.2, 0.25) is 0 Å². The maximum atomic E-state index is 12.9. The minimum Gasteiger partial charge on any atom is -0.484 e. The van der Waals surface area contributed by atoms with Gasteiger partial charge in [0, 0.05) is 18.0 Å². The van der Waals surface area contributed by atoms with Crippen LogP contribution in [0.3, 0.4) is 0 Å². The Labute approximate surface area is 127 Å². The molecule has 0 saturated heterocycles. The molecule has 0 aromatic heterocycles. The van der Waals surface area contributed by atoms with Gasteiger partial charge in [0.05, 0.1) is 4.90 Å². The van der Waals surface area contributed by atoms with Crippen LogP contribution >= 0.6 is 0 Å². The number of benzene rings is 2. The summed E-state index contributed by atoms with van der Waals surface area (Å²) in [7, 11) is -3.27. The van der Waals surface area contributed by atoms with Crippen LogP contribution in [0.5, 0.6) is 5.75 Å². The molecule has 116 valence electrons. The Morgan fingerprint density at radius 3 is 2.45 bits per heavy atom. The van der Waals surface area contributed by atoms with Crippen LogP contribution in [0.4, 0.5) is 10.1 Å². The Bertz CT molecular complexity index is 772. The van der Waals surface area contributed by atoms with E-state index in [2.05, 4.69) is 5.32 Å². The molecule has 0 atom stereocenters. The molecule has 7 heteroatoms. The summed E-state index contributed by atoms with van der Waals surface area (Å²) in [6.45, 7) is -0.280. The monoisotopic (exact) mass is 323 g/mol. The van der Waals surface area contributed by atoms with Gasteiger partial charge in [-0.3, -0.25) is 4.79 Å². The zero-order valence-corrected chi connectivity index (χ0v) is 12.6. The number of ether oxygens (including phenoxy) is 1. The molecule has 0 radical (unpaired) electrons. The van der Waals surface area contributed by atoms with Gasteiger partial charge >= 0.3 is 0 Å². The van der Waals surface area contributed by atoms with Gasteiger partial charge in [-0.05, 0) is 36.4 Å². The summed E-state index contributed by atoms with van der Waals surface area (Å²) in [5.74, 6) is -0.631. The highest BCUT2D eigenvalue weighted by molar-refractivity contribution is 7.90. The fraction of sp³-hybridized carbons (Fsp3) is 0.133. The number of hydrogen-bond donors (Lipinski definition) is 1. The van der Waals surface area contributed by atoms with Crippen molar-refractivity contribution >= 4 is 21.4 Å². The minimum atomic E-state index is -3.27. The van der Waals surface area contributed by atoms with E-state index in [1.165, 1.54) is 48.5 Å². The van der Waals surface area contributed by atoms with Crippen LogP contribution in [0.15, 0.2) is 53.4 Å². The number of anilines is 1. The fourth-order valence-corrected chi connectivity index (χ4v) is 2.32. The van der Waals surface area contributed by atoms with Crippen LogP contribution in [-0.4, -0.2) is 27.2 Å². The van der Waals surface area contributed by atoms with Gasteiger partial charge in [-0.1, -0.05) is 6.07 Å². The van der Waals surface area contributed by atoms with Crippen molar-refractivity contribution in [2.24, 2.45) is 0 Å². The second kappa shape index (κ2) is 6.57. The van der Waals surface area contributed by atoms with Crippen molar-refractivity contribution < 1.29 is 22.3 Å². The quantitative estimate of drug-likeness (QED) is 0.916. The van der Waals surface area contributed by atoms with Gasteiger partial charge in [0.25, 0.3) is 5.91 Å². The summed E-state index contributed by atoms with van der Waals surface area (Å²) in [5.41, 5.74) is 0.445. The van der Waals surface area contributed by atoms with Crippen LogP contribution in [0, 0.1) is 5.82 Å². The topological polar surface area (TPSA) is 72.5 Å². The maximum absolute atomic E-state index is 12.9. The lowest BCUT2D eigenvalue weighted by atomic mass is 10.3. The van der Waals surface area contributed by atoms with Crippen molar-refractivity contribution in [2.75, 3.05) is 18.2 Å². The first kappa shape index (κ1) is 16.0. The van der Waals surface area contributed by atoms with Gasteiger partial charge in [0.1, 0.15) is 11.6 Å². The highest BCUT2D eigenvalue weighted by atomic mass is 32.2. The molecular weight excluding hydrogens is 309 g/mol. The zero-order valence-electron chi connectivity index (χ0n) is 11.7. The first-order valence-corrected chi connectivity index (χ1v) is 8.22. The number of halogens is 1. The van der Waals surface area contributed by atoms with Gasteiger partial charge < -0.3 is 10.1 Å². The number of rotatable bonds is 5. The Morgan fingerprint density at radius 2 is 1.86 bits per heavy atom. The number of carbonyl (C=O) groups is 1. The predicted molar refractivity (Wildman–Crippen MR) is 80.1 cm³/mol. The average molecular weight is 323 g/mol. The molecule has 1 amide bonds. The van der Waals surface area contributed by atoms with E-state index >= 15 is 0 Å². The highest BCUT2D eigenvalue weighted by Crippen LogP contribution is 2.14. The third-order valence-electron chi connectivity index (χ3n) is 2.73. The summed E-state index contributed by atoms with van der Waals surface area (Å²) in [6, 6.07) is 11.2. The Hall–Kier alpha value is -2.41. The average Bonchev–Trinajstić information content (AvgIpc) is 2.45. The lowest BCUT2D eigenvalue weighted by Crippen LogP contribution is -2.20. The van der Waals surface area contributed by atoms with E-state index in [1.807, 2.05) is 0 Å². The van der Waals surface area contributed by atoms with Crippen LogP contribution in [0.25, 0.3) is 0 Å². The van der Waals surface area contributed by atoms with Gasteiger partial charge in [-0.25, -0.2) is 12.8 Å². The van der Waals surface area contributed by atoms with Crippen LogP contribution in [-0.2, 0) is 14.6 Å². The van der Waals surface area contributed by atoms with E-state index in [-0.39, 0.29) is 17.3 Å². The first-order valence-electron chi connectivity index (χ1n) is 6.33. The molecule has 2 aromatic carbocycles. The van der Waals surface area contributed by atoms with Crippen LogP contribution in [0.1, 0.15) is 0 Å². The number of nitrogens with one attached hydrogen (secondary N) is 1. The number of sulfone groups is 1. The highest BCUT2D eigenvalue weighted by Gasteiger charge is 2.08. The fourth-order valence-electron chi connectivity index (χ4n) is 1.69. The molecular formula is C15H14FNO4S. The Morgan fingerprint density at radius 1 is 1.18 bits per heavy atom. The number of hydrogen-bond acceptors (Lipinski definition) is 4. The molecule has 0 aliphatic carbocycles. The third-order valence-corrected chi connectivity index (χ3v) is 3.86. The van der Waals surface area contributed by atoms with Crippen molar-refractivity contribution in [1.29, 1.82) is 0 Å². The molecule has 2 aromatic rings.